The van der Waals surface area contributed by atoms with Crippen LogP contribution in [0.1, 0.15) is 10.5 Å². The van der Waals surface area contributed by atoms with Crippen LogP contribution in [-0.4, -0.2) is 48.0 Å². The molecule has 1 heterocycles. The molecule has 0 aliphatic heterocycles. The van der Waals surface area contributed by atoms with E-state index < -0.39 is 0 Å². The summed E-state index contributed by atoms with van der Waals surface area (Å²) in [5.74, 6) is -0.158. The number of carbonyl (C=O) groups is 1. The highest BCUT2D eigenvalue weighted by molar-refractivity contribution is 5.91. The Labute approximate surface area is 83.2 Å². The van der Waals surface area contributed by atoms with E-state index in [0.717, 1.165) is 6.54 Å². The van der Waals surface area contributed by atoms with E-state index >= 15 is 0 Å². The van der Waals surface area contributed by atoms with Crippen LogP contribution >= 0.6 is 0 Å². The number of amides is 1. The van der Waals surface area contributed by atoms with Gasteiger partial charge in [-0.2, -0.15) is 0 Å². The van der Waals surface area contributed by atoms with Crippen molar-refractivity contribution >= 4 is 5.91 Å². The summed E-state index contributed by atoms with van der Waals surface area (Å²) < 4.78 is 0. The third-order valence-corrected chi connectivity index (χ3v) is 1.66. The fourth-order valence-corrected chi connectivity index (χ4v) is 0.909. The van der Waals surface area contributed by atoms with Crippen LogP contribution in [0, 0.1) is 0 Å². The zero-order valence-electron chi connectivity index (χ0n) is 8.40. The maximum atomic E-state index is 11.4. The van der Waals surface area contributed by atoms with E-state index in [9.17, 15) is 4.79 Å². The molecule has 0 unspecified atom stereocenters. The standard InChI is InChI=1S/C9H14N4O/c1-13(2)6-5-11-9(14)8-3-4-10-7-12-8/h3-4,7H,5-6H2,1-2H3,(H,11,14). The Bertz CT molecular complexity index is 286. The van der Waals surface area contributed by atoms with Crippen LogP contribution in [-0.2, 0) is 0 Å². The van der Waals surface area contributed by atoms with Gasteiger partial charge in [-0.05, 0) is 20.2 Å². The monoisotopic (exact) mass is 194 g/mol. The highest BCUT2D eigenvalue weighted by atomic mass is 16.1. The van der Waals surface area contributed by atoms with Crippen LogP contribution in [0.5, 0.6) is 0 Å². The van der Waals surface area contributed by atoms with Crippen LogP contribution in [0.3, 0.4) is 0 Å². The predicted molar refractivity (Wildman–Crippen MR) is 52.9 cm³/mol. The van der Waals surface area contributed by atoms with Crippen LogP contribution < -0.4 is 5.32 Å². The first kappa shape index (κ1) is 10.6. The van der Waals surface area contributed by atoms with Gasteiger partial charge in [-0.25, -0.2) is 9.97 Å². The van der Waals surface area contributed by atoms with Gasteiger partial charge in [0.25, 0.3) is 5.91 Å². The van der Waals surface area contributed by atoms with Gasteiger partial charge in [0.15, 0.2) is 0 Å². The van der Waals surface area contributed by atoms with Crippen LogP contribution in [0.2, 0.25) is 0 Å². The molecule has 76 valence electrons. The molecule has 5 nitrogen and oxygen atoms in total. The number of rotatable bonds is 4. The number of nitrogens with one attached hydrogen (secondary N) is 1. The molecule has 1 amide bonds. The van der Waals surface area contributed by atoms with Crippen LogP contribution in [0.25, 0.3) is 0 Å². The van der Waals surface area contributed by atoms with Gasteiger partial charge < -0.3 is 10.2 Å². The van der Waals surface area contributed by atoms with Crippen molar-refractivity contribution in [3.8, 4) is 0 Å². The number of hydrogen-bond donors (Lipinski definition) is 1. The average Bonchev–Trinajstić information content (AvgIpc) is 2.18. The summed E-state index contributed by atoms with van der Waals surface area (Å²) in [5, 5.41) is 2.76. The predicted octanol–water partition coefficient (Wildman–Crippen LogP) is -0.232. The molecule has 1 aromatic heterocycles. The number of likely N-dealkylation sites (N-methyl/N-ethyl adjacent to an activating group) is 1. The lowest BCUT2D eigenvalue weighted by Gasteiger charge is -2.09. The van der Waals surface area contributed by atoms with E-state index in [1.54, 1.807) is 12.3 Å². The number of aromatic nitrogens is 2. The summed E-state index contributed by atoms with van der Waals surface area (Å²) in [6, 6.07) is 1.59. The van der Waals surface area contributed by atoms with Crippen molar-refractivity contribution in [3.05, 3.63) is 24.3 Å². The van der Waals surface area contributed by atoms with E-state index in [1.807, 2.05) is 19.0 Å². The van der Waals surface area contributed by atoms with E-state index in [2.05, 4.69) is 15.3 Å². The quantitative estimate of drug-likeness (QED) is 0.719. The Morgan fingerprint density at radius 3 is 2.93 bits per heavy atom. The van der Waals surface area contributed by atoms with E-state index in [-0.39, 0.29) is 5.91 Å². The number of nitrogens with zero attached hydrogens (tertiary/aromatic N) is 3. The summed E-state index contributed by atoms with van der Waals surface area (Å²) in [7, 11) is 3.91. The molecule has 0 aliphatic carbocycles. The molecule has 0 saturated heterocycles. The van der Waals surface area contributed by atoms with Crippen molar-refractivity contribution in [3.63, 3.8) is 0 Å². The summed E-state index contributed by atoms with van der Waals surface area (Å²) in [6.07, 6.45) is 2.91. The molecule has 5 heteroatoms. The summed E-state index contributed by atoms with van der Waals surface area (Å²) in [5.41, 5.74) is 0.402. The highest BCUT2D eigenvalue weighted by Crippen LogP contribution is 1.89. The van der Waals surface area contributed by atoms with Crippen LogP contribution in [0.4, 0.5) is 0 Å². The molecule has 0 radical (unpaired) electrons. The number of carbonyl (C=O) groups excluding carboxylic acids is 1. The van der Waals surface area contributed by atoms with Crippen LogP contribution in [0.15, 0.2) is 18.6 Å². The Morgan fingerprint density at radius 2 is 2.36 bits per heavy atom. The smallest absolute Gasteiger partial charge is 0.270 e. The number of hydrogen-bond acceptors (Lipinski definition) is 4. The first-order valence-corrected chi connectivity index (χ1v) is 4.39. The largest absolute Gasteiger partial charge is 0.349 e. The first-order valence-electron chi connectivity index (χ1n) is 4.39. The Morgan fingerprint density at radius 1 is 1.57 bits per heavy atom. The molecule has 14 heavy (non-hydrogen) atoms. The summed E-state index contributed by atoms with van der Waals surface area (Å²) >= 11 is 0. The molecule has 0 atom stereocenters. The Hall–Kier alpha value is -1.49. The molecule has 0 saturated carbocycles. The molecule has 1 rings (SSSR count). The maximum absolute atomic E-state index is 11.4. The molecule has 1 aromatic rings. The second-order valence-corrected chi connectivity index (χ2v) is 3.15. The SMILES string of the molecule is CN(C)CCNC(=O)c1ccncn1. The lowest BCUT2D eigenvalue weighted by atomic mass is 10.4. The lowest BCUT2D eigenvalue weighted by molar-refractivity contribution is 0.0946. The Balaban J connectivity index is 2.36. The highest BCUT2D eigenvalue weighted by Gasteiger charge is 2.04. The van der Waals surface area contributed by atoms with Gasteiger partial charge in [-0.1, -0.05) is 0 Å². The van der Waals surface area contributed by atoms with Gasteiger partial charge in [-0.3, -0.25) is 4.79 Å². The van der Waals surface area contributed by atoms with Gasteiger partial charge in [-0.15, -0.1) is 0 Å². The minimum absolute atomic E-state index is 0.158. The zero-order chi connectivity index (χ0) is 10.4. The molecule has 0 aliphatic rings. The fraction of sp³-hybridized carbons (Fsp3) is 0.444. The molecule has 0 spiro atoms. The molecule has 0 bridgehead atoms. The van der Waals surface area contributed by atoms with Crippen molar-refractivity contribution < 1.29 is 4.79 Å². The van der Waals surface area contributed by atoms with Gasteiger partial charge in [0.2, 0.25) is 0 Å². The van der Waals surface area contributed by atoms with E-state index in [1.165, 1.54) is 6.33 Å². The van der Waals surface area contributed by atoms with Crippen molar-refractivity contribution in [2.45, 2.75) is 0 Å². The van der Waals surface area contributed by atoms with Crippen molar-refractivity contribution in [2.24, 2.45) is 0 Å². The summed E-state index contributed by atoms with van der Waals surface area (Å²) in [4.78, 5) is 21.0. The second kappa shape index (κ2) is 5.29. The first-order chi connectivity index (χ1) is 6.70. The molecule has 0 aromatic carbocycles. The molecule has 1 N–H and O–H groups in total. The average molecular weight is 194 g/mol. The summed E-state index contributed by atoms with van der Waals surface area (Å²) in [6.45, 7) is 1.44. The van der Waals surface area contributed by atoms with E-state index in [4.69, 9.17) is 0 Å². The van der Waals surface area contributed by atoms with E-state index in [0.29, 0.717) is 12.2 Å². The van der Waals surface area contributed by atoms with Gasteiger partial charge >= 0.3 is 0 Å². The van der Waals surface area contributed by atoms with Crippen molar-refractivity contribution in [1.29, 1.82) is 0 Å². The topological polar surface area (TPSA) is 58.1 Å². The third-order valence-electron chi connectivity index (χ3n) is 1.66. The minimum atomic E-state index is -0.158. The zero-order valence-corrected chi connectivity index (χ0v) is 8.40. The normalized spacial score (nSPS) is 10.2. The van der Waals surface area contributed by atoms with Gasteiger partial charge in [0.05, 0.1) is 0 Å². The minimum Gasteiger partial charge on any atom is -0.349 e. The maximum Gasteiger partial charge on any atom is 0.270 e. The van der Waals surface area contributed by atoms with Crippen molar-refractivity contribution in [2.75, 3.05) is 27.2 Å². The van der Waals surface area contributed by atoms with Gasteiger partial charge in [0.1, 0.15) is 12.0 Å². The Kier molecular flexibility index (Phi) is 4.00. The third kappa shape index (κ3) is 3.49. The molecule has 0 fully saturated rings. The lowest BCUT2D eigenvalue weighted by Crippen LogP contribution is -2.31. The van der Waals surface area contributed by atoms with Crippen molar-refractivity contribution in [1.82, 2.24) is 20.2 Å². The fourth-order valence-electron chi connectivity index (χ4n) is 0.909. The molecular formula is C9H14N4O. The van der Waals surface area contributed by atoms with Gasteiger partial charge in [0, 0.05) is 19.3 Å². The second-order valence-electron chi connectivity index (χ2n) is 3.15. The molecular weight excluding hydrogens is 180 g/mol.